The fraction of sp³-hybridized carbons (Fsp3) is 0. The van der Waals surface area contributed by atoms with Gasteiger partial charge in [-0.15, -0.1) is 0 Å². The molecule has 43 valence electrons. The van der Waals surface area contributed by atoms with Crippen molar-refractivity contribution >= 4 is 7.82 Å². The minimum Gasteiger partial charge on any atom is -0.822 e. The molecule has 0 saturated heterocycles. The predicted octanol–water partition coefficient (Wildman–Crippen LogP) is -2.83. The van der Waals surface area contributed by atoms with Gasteiger partial charge in [-0.25, -0.2) is 0 Å². The molecule has 0 spiro atoms. The maximum Gasteiger partial charge on any atom is 4.00 e. The van der Waals surface area contributed by atoms with Crippen LogP contribution in [-0.2, 0) is 60.4 Å². The maximum absolute atomic E-state index is 8.55. The van der Waals surface area contributed by atoms with Crippen LogP contribution in [-0.4, -0.2) is 0 Å². The Morgan fingerprint density at radius 2 is 1.12 bits per heavy atom. The van der Waals surface area contributed by atoms with Gasteiger partial charge in [0, 0.05) is 0 Å². The molecule has 0 atom stereocenters. The zero-order valence-electron chi connectivity index (χ0n) is 3.31. The van der Waals surface area contributed by atoms with Crippen LogP contribution in [0.5, 0.6) is 0 Å². The van der Waals surface area contributed by atoms with Crippen molar-refractivity contribution < 1.29 is 75.1 Å². The summed E-state index contributed by atoms with van der Waals surface area (Å²) in [6.07, 6.45) is 0. The molecule has 0 aliphatic rings. The largest absolute Gasteiger partial charge is 4.00 e. The van der Waals surface area contributed by atoms with Gasteiger partial charge >= 0.3 is 55.9 Å². The summed E-state index contributed by atoms with van der Waals surface area (Å²) < 4.78 is 8.55. The Balaban J connectivity index is -0.0000000267. The second-order valence-corrected chi connectivity index (χ2v) is 1.34. The van der Waals surface area contributed by atoms with E-state index in [9.17, 15) is 0 Å². The Kier molecular flexibility index (Phi) is 25.0. The molecule has 0 unspecified atom stereocenters. The van der Waals surface area contributed by atoms with Crippen LogP contribution in [0.25, 0.3) is 0 Å². The number of hydrogen-bond donors (Lipinski definition) is 0. The second kappa shape index (κ2) is 8.86. The summed E-state index contributed by atoms with van der Waals surface area (Å²) in [6.45, 7) is 0. The van der Waals surface area contributed by atoms with E-state index in [-0.39, 0.29) is 55.9 Å². The summed E-state index contributed by atoms with van der Waals surface area (Å²) in [4.78, 5) is 25.6. The Bertz CT molecular complexity index is 62.2. The Morgan fingerprint density at radius 3 is 1.12 bits per heavy atom. The van der Waals surface area contributed by atoms with Crippen LogP contribution in [0.4, 0.5) is 0 Å². The fourth-order valence-corrected chi connectivity index (χ4v) is 0. The molecule has 8 heavy (non-hydrogen) atoms. The Labute approximate surface area is 82.5 Å². The molecule has 0 aromatic rings. The van der Waals surface area contributed by atoms with Crippen LogP contribution in [0.2, 0.25) is 0 Å². The third-order valence-corrected chi connectivity index (χ3v) is 0. The van der Waals surface area contributed by atoms with Crippen molar-refractivity contribution in [2.24, 2.45) is 0 Å². The van der Waals surface area contributed by atoms with E-state index in [1.807, 2.05) is 0 Å². The summed E-state index contributed by atoms with van der Waals surface area (Å²) in [5.74, 6) is 0. The average Bonchev–Trinajstić information content (AvgIpc) is 0.722. The molecule has 1 radical (unpaired) electrons. The zero-order valence-corrected chi connectivity index (χ0v) is 8.05. The SMILES string of the molecule is O=P([O-])([O-])[O-].[Fe+2].[Mn+2].[Ti+4]. The van der Waals surface area contributed by atoms with Crippen molar-refractivity contribution in [2.45, 2.75) is 0 Å². The van der Waals surface area contributed by atoms with Gasteiger partial charge in [-0.05, 0) is 0 Å². The van der Waals surface area contributed by atoms with Crippen molar-refractivity contribution in [1.82, 2.24) is 0 Å². The second-order valence-electron chi connectivity index (χ2n) is 0.447. The standard InChI is InChI=1S/Fe.Mn.H3O4P.Ti/c;;1-5(2,3)4;/h;;(H3,1,2,3,4);/q2*+2;;+4/p-3. The molecule has 0 aliphatic carbocycles. The van der Waals surface area contributed by atoms with Crippen LogP contribution in [0, 0.1) is 0 Å². The number of rotatable bonds is 0. The minimum atomic E-state index is -5.39. The molecule has 0 aromatic heterocycles. The predicted molar refractivity (Wildman–Crippen MR) is 7.61 cm³/mol. The molecule has 4 nitrogen and oxygen atoms in total. The summed E-state index contributed by atoms with van der Waals surface area (Å²) in [7, 11) is -5.39. The first-order chi connectivity index (χ1) is 2.00. The molecule has 0 saturated carbocycles. The van der Waals surface area contributed by atoms with Gasteiger partial charge in [-0.2, -0.15) is 7.82 Å². The van der Waals surface area contributed by atoms with Crippen molar-refractivity contribution in [3.8, 4) is 0 Å². The third-order valence-electron chi connectivity index (χ3n) is 0. The van der Waals surface area contributed by atoms with Crippen LogP contribution in [0.15, 0.2) is 0 Å². The maximum atomic E-state index is 8.55. The molecule has 0 aromatic carbocycles. The summed E-state index contributed by atoms with van der Waals surface area (Å²) in [5, 5.41) is 0. The molecule has 8 heteroatoms. The van der Waals surface area contributed by atoms with Gasteiger partial charge in [0.25, 0.3) is 0 Å². The van der Waals surface area contributed by atoms with Crippen LogP contribution in [0.1, 0.15) is 0 Å². The van der Waals surface area contributed by atoms with Gasteiger partial charge < -0.3 is 19.2 Å². The van der Waals surface area contributed by atoms with Crippen LogP contribution in [0.3, 0.4) is 0 Å². The van der Waals surface area contributed by atoms with Gasteiger partial charge in [-0.3, -0.25) is 0 Å². The van der Waals surface area contributed by atoms with E-state index < -0.39 is 7.82 Å². The van der Waals surface area contributed by atoms with E-state index in [2.05, 4.69) is 0 Å². The smallest absolute Gasteiger partial charge is 0.822 e. The molecule has 0 amide bonds. The van der Waals surface area contributed by atoms with E-state index >= 15 is 0 Å². The summed E-state index contributed by atoms with van der Waals surface area (Å²) >= 11 is 0. The first-order valence-electron chi connectivity index (χ1n) is 0.730. The van der Waals surface area contributed by atoms with Gasteiger partial charge in [0.15, 0.2) is 0 Å². The minimum absolute atomic E-state index is 0. The Morgan fingerprint density at radius 1 is 1.12 bits per heavy atom. The van der Waals surface area contributed by atoms with E-state index in [0.29, 0.717) is 0 Å². The summed E-state index contributed by atoms with van der Waals surface area (Å²) in [6, 6.07) is 0. The number of phosphoric acid groups is 1. The molecule has 0 N–H and O–H groups in total. The van der Waals surface area contributed by atoms with Crippen molar-refractivity contribution in [3.05, 3.63) is 0 Å². The first-order valence-corrected chi connectivity index (χ1v) is 2.19. The third kappa shape index (κ3) is 107. The topological polar surface area (TPSA) is 86.2 Å². The monoisotopic (exact) mass is 254 g/mol. The van der Waals surface area contributed by atoms with Crippen LogP contribution >= 0.6 is 7.82 Å². The van der Waals surface area contributed by atoms with E-state index in [1.165, 1.54) is 0 Å². The molecule has 0 fully saturated rings. The van der Waals surface area contributed by atoms with Gasteiger partial charge in [0.2, 0.25) is 0 Å². The van der Waals surface area contributed by atoms with Crippen LogP contribution < -0.4 is 14.7 Å². The summed E-state index contributed by atoms with van der Waals surface area (Å²) in [5.41, 5.74) is 0. The molecule has 0 rings (SSSR count). The van der Waals surface area contributed by atoms with E-state index in [4.69, 9.17) is 19.2 Å². The van der Waals surface area contributed by atoms with Crippen molar-refractivity contribution in [3.63, 3.8) is 0 Å². The average molecular weight is 254 g/mol. The van der Waals surface area contributed by atoms with Gasteiger partial charge in [-0.1, -0.05) is 0 Å². The van der Waals surface area contributed by atoms with Crippen molar-refractivity contribution in [2.75, 3.05) is 0 Å². The molecule has 0 aliphatic heterocycles. The quantitative estimate of drug-likeness (QED) is 0.344. The first kappa shape index (κ1) is 22.5. The Hall–Kier alpha value is 1.86. The molecule has 0 heterocycles. The molecular weight excluding hydrogens is 254 g/mol. The molecule has 0 bridgehead atoms. The van der Waals surface area contributed by atoms with Gasteiger partial charge in [0.05, 0.1) is 0 Å². The fourth-order valence-electron chi connectivity index (χ4n) is 0. The normalized spacial score (nSPS) is 7.38. The molecular formula is FeMnO4PTi+5. The number of hydrogen-bond acceptors (Lipinski definition) is 4. The van der Waals surface area contributed by atoms with Gasteiger partial charge in [0.1, 0.15) is 0 Å². The zero-order chi connectivity index (χ0) is 4.50. The van der Waals surface area contributed by atoms with Crippen molar-refractivity contribution in [1.29, 1.82) is 0 Å². The van der Waals surface area contributed by atoms with E-state index in [0.717, 1.165) is 0 Å². The van der Waals surface area contributed by atoms with E-state index in [1.54, 1.807) is 0 Å².